The van der Waals surface area contributed by atoms with Crippen LogP contribution in [0.25, 0.3) is 0 Å². The van der Waals surface area contributed by atoms with Crippen LogP contribution in [-0.2, 0) is 0 Å². The van der Waals surface area contributed by atoms with Gasteiger partial charge in [0.1, 0.15) is 5.82 Å². The van der Waals surface area contributed by atoms with E-state index in [9.17, 15) is 4.79 Å². The molecule has 1 N–H and O–H groups in total. The van der Waals surface area contributed by atoms with Gasteiger partial charge in [0.2, 0.25) is 5.76 Å². The molecule has 0 bridgehead atoms. The summed E-state index contributed by atoms with van der Waals surface area (Å²) in [5, 5.41) is 9.25. The van der Waals surface area contributed by atoms with Crippen molar-refractivity contribution in [3.63, 3.8) is 0 Å². The summed E-state index contributed by atoms with van der Waals surface area (Å²) >= 11 is 2.63. The molecule has 1 fully saturated rings. The zero-order valence-electron chi connectivity index (χ0n) is 8.62. The number of furan rings is 1. The van der Waals surface area contributed by atoms with E-state index in [1.54, 1.807) is 6.07 Å². The molecule has 2 aromatic heterocycles. The quantitative estimate of drug-likeness (QED) is 0.918. The topological polar surface area (TPSA) is 76.2 Å². The number of aromatic nitrogens is 2. The molecule has 2 heterocycles. The Hall–Kier alpha value is -1.34. The molecule has 0 saturated heterocycles. The van der Waals surface area contributed by atoms with Gasteiger partial charge in [0, 0.05) is 5.92 Å². The predicted molar refractivity (Wildman–Crippen MR) is 61.7 cm³/mol. The third kappa shape index (κ3) is 2.34. The van der Waals surface area contributed by atoms with Gasteiger partial charge in [0.05, 0.1) is 0 Å². The Morgan fingerprint density at radius 3 is 3.00 bits per heavy atom. The largest absolute Gasteiger partial charge is 0.475 e. The van der Waals surface area contributed by atoms with Crippen LogP contribution in [0.15, 0.2) is 26.0 Å². The van der Waals surface area contributed by atoms with Crippen LogP contribution in [0.4, 0.5) is 0 Å². The molecule has 5 nitrogen and oxygen atoms in total. The van der Waals surface area contributed by atoms with Crippen LogP contribution < -0.4 is 0 Å². The highest BCUT2D eigenvalue weighted by Gasteiger charge is 2.28. The highest BCUT2D eigenvalue weighted by atomic mass is 32.2. The van der Waals surface area contributed by atoms with E-state index < -0.39 is 5.97 Å². The van der Waals surface area contributed by atoms with Crippen molar-refractivity contribution in [1.82, 2.24) is 9.36 Å². The second-order valence-electron chi connectivity index (χ2n) is 3.72. The van der Waals surface area contributed by atoms with Crippen molar-refractivity contribution in [3.05, 3.63) is 23.7 Å². The minimum absolute atomic E-state index is 0.0561. The minimum atomic E-state index is -1.06. The number of nitrogens with zero attached hydrogens (tertiary/aromatic N) is 2. The number of hydrogen-bond acceptors (Lipinski definition) is 6. The van der Waals surface area contributed by atoms with Gasteiger partial charge >= 0.3 is 5.97 Å². The maximum atomic E-state index is 10.6. The van der Waals surface area contributed by atoms with Crippen LogP contribution in [0.5, 0.6) is 0 Å². The third-order valence-corrected chi connectivity index (χ3v) is 4.03. The Kier molecular flexibility index (Phi) is 2.64. The van der Waals surface area contributed by atoms with Crippen molar-refractivity contribution in [2.75, 3.05) is 0 Å². The number of carboxylic acid groups (broad SMARTS) is 1. The molecule has 0 aromatic carbocycles. The van der Waals surface area contributed by atoms with E-state index >= 15 is 0 Å². The fourth-order valence-corrected chi connectivity index (χ4v) is 2.93. The summed E-state index contributed by atoms with van der Waals surface area (Å²) < 4.78 is 10.2. The number of aromatic carboxylic acids is 1. The van der Waals surface area contributed by atoms with Crippen molar-refractivity contribution in [3.8, 4) is 0 Å². The lowest BCUT2D eigenvalue weighted by molar-refractivity contribution is 0.0656. The van der Waals surface area contributed by atoms with Crippen LogP contribution in [0.1, 0.15) is 35.1 Å². The Labute approximate surface area is 105 Å². The highest BCUT2D eigenvalue weighted by molar-refractivity contribution is 8.00. The first-order valence-corrected chi connectivity index (χ1v) is 6.66. The summed E-state index contributed by atoms with van der Waals surface area (Å²) in [6, 6.07) is 3.07. The smallest absolute Gasteiger partial charge is 0.371 e. The van der Waals surface area contributed by atoms with Crippen LogP contribution in [0, 0.1) is 0 Å². The summed E-state index contributed by atoms with van der Waals surface area (Å²) in [7, 11) is 0. The SMILES string of the molecule is O=C(O)c1ccc(Sc2nc(C3CC3)ns2)o1. The molecule has 2 aromatic rings. The molecule has 1 saturated carbocycles. The van der Waals surface area contributed by atoms with Gasteiger partial charge in [-0.25, -0.2) is 9.78 Å². The van der Waals surface area contributed by atoms with E-state index in [0.717, 1.165) is 10.2 Å². The van der Waals surface area contributed by atoms with Gasteiger partial charge in [-0.1, -0.05) is 0 Å². The molecular weight excluding hydrogens is 260 g/mol. The lowest BCUT2D eigenvalue weighted by Crippen LogP contribution is -1.91. The summed E-state index contributed by atoms with van der Waals surface area (Å²) in [6.07, 6.45) is 2.34. The molecule has 7 heteroatoms. The first kappa shape index (κ1) is 10.8. The van der Waals surface area contributed by atoms with Crippen molar-refractivity contribution >= 4 is 29.3 Å². The Bertz CT molecular complexity index is 559. The molecule has 1 aliphatic carbocycles. The van der Waals surface area contributed by atoms with Crippen molar-refractivity contribution < 1.29 is 14.3 Å². The lowest BCUT2D eigenvalue weighted by atomic mass is 10.4. The van der Waals surface area contributed by atoms with E-state index in [1.165, 1.54) is 42.2 Å². The van der Waals surface area contributed by atoms with Gasteiger partial charge in [-0.2, -0.15) is 4.37 Å². The van der Waals surface area contributed by atoms with E-state index in [-0.39, 0.29) is 5.76 Å². The van der Waals surface area contributed by atoms with Crippen LogP contribution in [0.3, 0.4) is 0 Å². The number of carboxylic acids is 1. The fraction of sp³-hybridized carbons (Fsp3) is 0.300. The second-order valence-corrected chi connectivity index (χ2v) is 5.72. The van der Waals surface area contributed by atoms with Gasteiger partial charge in [-0.3, -0.25) is 0 Å². The van der Waals surface area contributed by atoms with Crippen LogP contribution in [-0.4, -0.2) is 20.4 Å². The minimum Gasteiger partial charge on any atom is -0.475 e. The van der Waals surface area contributed by atoms with Gasteiger partial charge < -0.3 is 9.52 Å². The molecule has 0 aliphatic heterocycles. The van der Waals surface area contributed by atoms with E-state index in [2.05, 4.69) is 9.36 Å². The molecule has 1 aliphatic rings. The summed E-state index contributed by atoms with van der Waals surface area (Å²) in [5.74, 6) is 0.321. The normalized spacial score (nSPS) is 15.1. The lowest BCUT2D eigenvalue weighted by Gasteiger charge is -1.90. The van der Waals surface area contributed by atoms with Crippen molar-refractivity contribution in [2.24, 2.45) is 0 Å². The first-order valence-electron chi connectivity index (χ1n) is 5.07. The Morgan fingerprint density at radius 2 is 2.35 bits per heavy atom. The van der Waals surface area contributed by atoms with E-state index in [4.69, 9.17) is 9.52 Å². The van der Waals surface area contributed by atoms with Gasteiger partial charge in [0.15, 0.2) is 9.43 Å². The Morgan fingerprint density at radius 1 is 1.53 bits per heavy atom. The maximum Gasteiger partial charge on any atom is 0.371 e. The Balaban J connectivity index is 1.73. The third-order valence-electron chi connectivity index (χ3n) is 2.35. The number of rotatable bonds is 4. The van der Waals surface area contributed by atoms with Crippen molar-refractivity contribution in [2.45, 2.75) is 28.2 Å². The second kappa shape index (κ2) is 4.15. The molecule has 17 heavy (non-hydrogen) atoms. The van der Waals surface area contributed by atoms with E-state index in [1.807, 2.05) is 0 Å². The van der Waals surface area contributed by atoms with Crippen LogP contribution in [0.2, 0.25) is 0 Å². The molecule has 0 spiro atoms. The molecular formula is C10H8N2O3S2. The molecule has 3 rings (SSSR count). The average molecular weight is 268 g/mol. The molecule has 0 unspecified atom stereocenters. The summed E-state index contributed by atoms with van der Waals surface area (Å²) in [6.45, 7) is 0. The fourth-order valence-electron chi connectivity index (χ4n) is 1.34. The average Bonchev–Trinajstić information content (AvgIpc) is 2.87. The zero-order chi connectivity index (χ0) is 11.8. The standard InChI is InChI=1S/C10H8N2O3S2/c13-9(14)6-3-4-7(15-6)16-10-11-8(12-17-10)5-1-2-5/h3-5H,1-2H2,(H,13,14). The number of hydrogen-bond donors (Lipinski definition) is 1. The number of carbonyl (C=O) groups is 1. The molecule has 0 radical (unpaired) electrons. The molecule has 88 valence electrons. The predicted octanol–water partition coefficient (Wildman–Crippen LogP) is 2.86. The highest BCUT2D eigenvalue weighted by Crippen LogP contribution is 2.40. The molecule has 0 atom stereocenters. The first-order chi connectivity index (χ1) is 8.22. The van der Waals surface area contributed by atoms with Gasteiger partial charge in [0.25, 0.3) is 0 Å². The van der Waals surface area contributed by atoms with Crippen LogP contribution >= 0.6 is 23.3 Å². The van der Waals surface area contributed by atoms with Crippen molar-refractivity contribution in [1.29, 1.82) is 0 Å². The zero-order valence-corrected chi connectivity index (χ0v) is 10.3. The van der Waals surface area contributed by atoms with E-state index in [0.29, 0.717) is 11.0 Å². The maximum absolute atomic E-state index is 10.6. The van der Waals surface area contributed by atoms with Gasteiger partial charge in [-0.05, 0) is 48.3 Å². The summed E-state index contributed by atoms with van der Waals surface area (Å²) in [5.41, 5.74) is 0. The monoisotopic (exact) mass is 268 g/mol. The molecule has 0 amide bonds. The van der Waals surface area contributed by atoms with Gasteiger partial charge in [-0.15, -0.1) is 0 Å². The summed E-state index contributed by atoms with van der Waals surface area (Å²) in [4.78, 5) is 15.0.